The Labute approximate surface area is 177 Å². The highest BCUT2D eigenvalue weighted by atomic mass is 79.9. The van der Waals surface area contributed by atoms with Crippen molar-refractivity contribution in [1.82, 2.24) is 14.8 Å². The van der Waals surface area contributed by atoms with Crippen molar-refractivity contribution in [1.29, 1.82) is 0 Å². The Morgan fingerprint density at radius 2 is 1.79 bits per heavy atom. The van der Waals surface area contributed by atoms with Gasteiger partial charge < -0.3 is 15.2 Å². The Hall–Kier alpha value is -2.32. The maximum absolute atomic E-state index is 12.2. The average Bonchev–Trinajstić information content (AvgIpc) is 3.01. The van der Waals surface area contributed by atoms with E-state index in [0.717, 1.165) is 21.7 Å². The molecule has 3 aromatic rings. The number of benzene rings is 2. The molecule has 0 spiro atoms. The summed E-state index contributed by atoms with van der Waals surface area (Å²) < 4.78 is 2.89. The maximum atomic E-state index is 12.2. The van der Waals surface area contributed by atoms with Gasteiger partial charge in [0.05, 0.1) is 12.3 Å². The maximum Gasteiger partial charge on any atom is 0.234 e. The smallest absolute Gasteiger partial charge is 0.234 e. The molecule has 0 radical (unpaired) electrons. The van der Waals surface area contributed by atoms with E-state index < -0.39 is 0 Å². The first kappa shape index (κ1) is 20.4. The fourth-order valence-electron chi connectivity index (χ4n) is 2.75. The van der Waals surface area contributed by atoms with Gasteiger partial charge in [-0.2, -0.15) is 0 Å². The highest BCUT2D eigenvalue weighted by molar-refractivity contribution is 9.10. The van der Waals surface area contributed by atoms with Gasteiger partial charge in [-0.3, -0.25) is 4.79 Å². The number of amides is 1. The third kappa shape index (κ3) is 5.14. The van der Waals surface area contributed by atoms with Crippen molar-refractivity contribution < 1.29 is 4.79 Å². The zero-order chi connectivity index (χ0) is 20.1. The molecule has 0 unspecified atom stereocenters. The highest BCUT2D eigenvalue weighted by Crippen LogP contribution is 2.21. The van der Waals surface area contributed by atoms with E-state index >= 15 is 0 Å². The van der Waals surface area contributed by atoms with Crippen molar-refractivity contribution in [3.8, 4) is 0 Å². The summed E-state index contributed by atoms with van der Waals surface area (Å²) >= 11 is 4.75. The van der Waals surface area contributed by atoms with Gasteiger partial charge in [-0.25, -0.2) is 0 Å². The lowest BCUT2D eigenvalue weighted by molar-refractivity contribution is -0.113. The van der Waals surface area contributed by atoms with Crippen LogP contribution in [0.5, 0.6) is 0 Å². The Bertz CT molecular complexity index is 951. The van der Waals surface area contributed by atoms with Crippen LogP contribution in [0.1, 0.15) is 17.0 Å². The monoisotopic (exact) mass is 459 g/mol. The Kier molecular flexibility index (Phi) is 6.74. The molecule has 2 aromatic carbocycles. The second kappa shape index (κ2) is 9.25. The normalized spacial score (nSPS) is 10.7. The minimum atomic E-state index is -0.0782. The molecule has 1 heterocycles. The van der Waals surface area contributed by atoms with E-state index in [4.69, 9.17) is 0 Å². The van der Waals surface area contributed by atoms with E-state index in [1.165, 1.54) is 22.9 Å². The number of halogens is 1. The summed E-state index contributed by atoms with van der Waals surface area (Å²) in [7, 11) is 1.91. The first-order valence-electron chi connectivity index (χ1n) is 8.80. The largest absolute Gasteiger partial charge is 0.377 e. The number of carbonyl (C=O) groups is 1. The number of rotatable bonds is 7. The Morgan fingerprint density at radius 3 is 2.46 bits per heavy atom. The lowest BCUT2D eigenvalue weighted by Crippen LogP contribution is -2.14. The summed E-state index contributed by atoms with van der Waals surface area (Å²) in [4.78, 5) is 12.2. The number of carbonyl (C=O) groups excluding carboxylic acids is 1. The van der Waals surface area contributed by atoms with Gasteiger partial charge in [0.15, 0.2) is 11.0 Å². The van der Waals surface area contributed by atoms with Crippen LogP contribution in [0.25, 0.3) is 0 Å². The molecule has 8 heteroatoms. The van der Waals surface area contributed by atoms with Gasteiger partial charge >= 0.3 is 0 Å². The van der Waals surface area contributed by atoms with Gasteiger partial charge in [0.2, 0.25) is 5.91 Å². The molecule has 0 aliphatic carbocycles. The zero-order valence-electron chi connectivity index (χ0n) is 16.0. The third-order valence-electron chi connectivity index (χ3n) is 4.29. The lowest BCUT2D eigenvalue weighted by Gasteiger charge is -2.12. The molecule has 28 heavy (non-hydrogen) atoms. The number of nitrogens with zero attached hydrogens (tertiary/aromatic N) is 3. The summed E-state index contributed by atoms with van der Waals surface area (Å²) in [6, 6.07) is 13.7. The van der Waals surface area contributed by atoms with Crippen LogP contribution >= 0.6 is 27.7 Å². The van der Waals surface area contributed by atoms with E-state index in [2.05, 4.69) is 62.7 Å². The average molecular weight is 460 g/mol. The minimum absolute atomic E-state index is 0.0782. The Balaban J connectivity index is 1.55. The molecular formula is C20H22BrN5OS. The molecule has 1 amide bonds. The van der Waals surface area contributed by atoms with Crippen molar-refractivity contribution in [2.75, 3.05) is 16.4 Å². The van der Waals surface area contributed by atoms with Crippen molar-refractivity contribution >= 4 is 45.0 Å². The van der Waals surface area contributed by atoms with Crippen LogP contribution in [-0.4, -0.2) is 26.4 Å². The lowest BCUT2D eigenvalue weighted by atomic mass is 10.1. The summed E-state index contributed by atoms with van der Waals surface area (Å²) in [5.41, 5.74) is 4.28. The number of thioether (sulfide) groups is 1. The molecule has 2 N–H and O–H groups in total. The minimum Gasteiger partial charge on any atom is -0.377 e. The Morgan fingerprint density at radius 1 is 1.11 bits per heavy atom. The molecule has 3 rings (SSSR count). The molecule has 0 bridgehead atoms. The number of nitrogens with one attached hydrogen (secondary N) is 2. The van der Waals surface area contributed by atoms with E-state index in [0.29, 0.717) is 11.7 Å². The van der Waals surface area contributed by atoms with Gasteiger partial charge in [0.25, 0.3) is 0 Å². The predicted molar refractivity (Wildman–Crippen MR) is 118 cm³/mol. The van der Waals surface area contributed by atoms with Crippen molar-refractivity contribution in [3.05, 3.63) is 63.9 Å². The van der Waals surface area contributed by atoms with Crippen LogP contribution in [0.4, 0.5) is 11.4 Å². The second-order valence-electron chi connectivity index (χ2n) is 6.42. The van der Waals surface area contributed by atoms with Gasteiger partial charge in [0.1, 0.15) is 0 Å². The number of anilines is 2. The first-order valence-corrected chi connectivity index (χ1v) is 10.6. The molecule has 0 fully saturated rings. The van der Waals surface area contributed by atoms with Crippen LogP contribution in [0, 0.1) is 13.8 Å². The van der Waals surface area contributed by atoms with E-state index in [1.807, 2.05) is 41.9 Å². The fourth-order valence-corrected chi connectivity index (χ4v) is 3.74. The SMILES string of the molecule is Cc1cccc(C)c1NCc1nnc(SCC(=O)Nc2ccc(Br)cc2)n1C. The van der Waals surface area contributed by atoms with Crippen LogP contribution in [0.2, 0.25) is 0 Å². The van der Waals surface area contributed by atoms with Gasteiger partial charge in [0, 0.05) is 22.9 Å². The quantitative estimate of drug-likeness (QED) is 0.507. The second-order valence-corrected chi connectivity index (χ2v) is 8.28. The van der Waals surface area contributed by atoms with E-state index in [9.17, 15) is 4.79 Å². The van der Waals surface area contributed by atoms with Crippen molar-refractivity contribution in [2.24, 2.45) is 7.05 Å². The standard InChI is InChI=1S/C20H22BrN5OS/c1-13-5-4-6-14(2)19(13)22-11-17-24-25-20(26(17)3)28-12-18(27)23-16-9-7-15(21)8-10-16/h4-10,22H,11-12H2,1-3H3,(H,23,27). The zero-order valence-corrected chi connectivity index (χ0v) is 18.4. The number of aromatic nitrogens is 3. The molecule has 0 saturated carbocycles. The molecule has 0 aliphatic heterocycles. The number of para-hydroxylation sites is 1. The summed E-state index contributed by atoms with van der Waals surface area (Å²) in [5, 5.41) is 15.5. The van der Waals surface area contributed by atoms with E-state index in [-0.39, 0.29) is 11.7 Å². The fraction of sp³-hybridized carbons (Fsp3) is 0.250. The number of hydrogen-bond donors (Lipinski definition) is 2. The van der Waals surface area contributed by atoms with Crippen molar-refractivity contribution in [3.63, 3.8) is 0 Å². The van der Waals surface area contributed by atoms with Crippen LogP contribution in [0.3, 0.4) is 0 Å². The number of aryl methyl sites for hydroxylation is 2. The molecule has 0 aliphatic rings. The summed E-state index contributed by atoms with van der Waals surface area (Å²) in [6.45, 7) is 4.73. The van der Waals surface area contributed by atoms with Crippen LogP contribution in [-0.2, 0) is 18.4 Å². The van der Waals surface area contributed by atoms with Gasteiger partial charge in [-0.15, -0.1) is 10.2 Å². The first-order chi connectivity index (χ1) is 13.4. The molecule has 0 atom stereocenters. The molecule has 146 valence electrons. The van der Waals surface area contributed by atoms with Gasteiger partial charge in [-0.05, 0) is 49.2 Å². The molecule has 0 saturated heterocycles. The summed E-state index contributed by atoms with van der Waals surface area (Å²) in [6.07, 6.45) is 0. The highest BCUT2D eigenvalue weighted by Gasteiger charge is 2.12. The van der Waals surface area contributed by atoms with Gasteiger partial charge in [-0.1, -0.05) is 45.9 Å². The molecular weight excluding hydrogens is 438 g/mol. The predicted octanol–water partition coefficient (Wildman–Crippen LogP) is 4.54. The topological polar surface area (TPSA) is 71.8 Å². The molecule has 1 aromatic heterocycles. The number of hydrogen-bond acceptors (Lipinski definition) is 5. The van der Waals surface area contributed by atoms with Crippen LogP contribution < -0.4 is 10.6 Å². The molecule has 6 nitrogen and oxygen atoms in total. The third-order valence-corrected chi connectivity index (χ3v) is 5.84. The van der Waals surface area contributed by atoms with Crippen LogP contribution in [0.15, 0.2) is 52.1 Å². The van der Waals surface area contributed by atoms with Crippen molar-refractivity contribution in [2.45, 2.75) is 25.5 Å². The summed E-state index contributed by atoms with van der Waals surface area (Å²) in [5.74, 6) is 1.01. The van der Waals surface area contributed by atoms with E-state index in [1.54, 1.807) is 0 Å².